The van der Waals surface area contributed by atoms with E-state index in [1.165, 1.54) is 18.5 Å². The summed E-state index contributed by atoms with van der Waals surface area (Å²) in [7, 11) is 0. The van der Waals surface area contributed by atoms with Crippen molar-refractivity contribution >= 4 is 17.5 Å². The second kappa shape index (κ2) is 5.47. The third kappa shape index (κ3) is 2.69. The highest BCUT2D eigenvalue weighted by molar-refractivity contribution is 5.88. The van der Waals surface area contributed by atoms with Crippen LogP contribution in [0.15, 0.2) is 24.5 Å². The molecule has 1 aliphatic carbocycles. The number of benzene rings is 1. The Hall–Kier alpha value is -2.50. The van der Waals surface area contributed by atoms with E-state index in [1.54, 1.807) is 0 Å². The minimum Gasteiger partial charge on any atom is -0.478 e. The van der Waals surface area contributed by atoms with Gasteiger partial charge in [0.05, 0.1) is 11.3 Å². The number of carboxylic acid groups (broad SMARTS) is 1. The first-order valence-corrected chi connectivity index (χ1v) is 6.78. The summed E-state index contributed by atoms with van der Waals surface area (Å²) in [6.45, 7) is 0. The Morgan fingerprint density at radius 1 is 1.24 bits per heavy atom. The number of aromatic nitrogens is 2. The van der Waals surface area contributed by atoms with Crippen molar-refractivity contribution in [2.45, 2.75) is 25.7 Å². The fourth-order valence-corrected chi connectivity index (χ4v) is 2.51. The lowest BCUT2D eigenvalue weighted by molar-refractivity contribution is 0.0696. The molecule has 21 heavy (non-hydrogen) atoms. The molecule has 1 aromatic carbocycles. The second-order valence-corrected chi connectivity index (χ2v) is 4.98. The summed E-state index contributed by atoms with van der Waals surface area (Å²) in [6, 6.07) is 3.77. The van der Waals surface area contributed by atoms with Crippen LogP contribution in [0.5, 0.6) is 0 Å². The molecule has 2 N–H and O–H groups in total. The Morgan fingerprint density at radius 3 is 2.81 bits per heavy atom. The zero-order chi connectivity index (χ0) is 14.8. The number of fused-ring (bicyclic) bond motifs is 1. The van der Waals surface area contributed by atoms with Gasteiger partial charge in [-0.05, 0) is 43.9 Å². The molecule has 1 aromatic heterocycles. The molecular formula is C15H14FN3O2. The molecule has 6 heteroatoms. The van der Waals surface area contributed by atoms with E-state index in [4.69, 9.17) is 5.11 Å². The lowest BCUT2D eigenvalue weighted by atomic mass is 9.96. The van der Waals surface area contributed by atoms with Gasteiger partial charge in [0.15, 0.2) is 0 Å². The highest BCUT2D eigenvalue weighted by Gasteiger charge is 2.16. The molecule has 0 bridgehead atoms. The molecular weight excluding hydrogens is 273 g/mol. The van der Waals surface area contributed by atoms with Crippen molar-refractivity contribution in [2.75, 3.05) is 5.32 Å². The standard InChI is InChI=1S/C15H14FN3O2/c16-11-7-9(15(20)21)5-6-13(11)19-14-10-3-1-2-4-12(10)17-8-18-14/h5-8H,1-4H2,(H,20,21)(H,17,18,19). The van der Waals surface area contributed by atoms with Crippen LogP contribution in [0.2, 0.25) is 0 Å². The third-order valence-electron chi connectivity index (χ3n) is 3.59. The first-order chi connectivity index (χ1) is 10.1. The molecule has 0 saturated carbocycles. The first-order valence-electron chi connectivity index (χ1n) is 6.78. The van der Waals surface area contributed by atoms with Gasteiger partial charge < -0.3 is 10.4 Å². The summed E-state index contributed by atoms with van der Waals surface area (Å²) < 4.78 is 14.0. The summed E-state index contributed by atoms with van der Waals surface area (Å²) in [5.74, 6) is -1.17. The molecule has 0 radical (unpaired) electrons. The van der Waals surface area contributed by atoms with Crippen molar-refractivity contribution in [2.24, 2.45) is 0 Å². The first kappa shape index (κ1) is 13.5. The van der Waals surface area contributed by atoms with Gasteiger partial charge in [0.25, 0.3) is 0 Å². The quantitative estimate of drug-likeness (QED) is 0.907. The molecule has 108 valence electrons. The topological polar surface area (TPSA) is 75.1 Å². The number of hydrogen-bond donors (Lipinski definition) is 2. The van der Waals surface area contributed by atoms with Crippen LogP contribution in [0.1, 0.15) is 34.5 Å². The molecule has 1 heterocycles. The van der Waals surface area contributed by atoms with E-state index >= 15 is 0 Å². The van der Waals surface area contributed by atoms with Crippen LogP contribution in [0.25, 0.3) is 0 Å². The van der Waals surface area contributed by atoms with E-state index in [1.807, 2.05) is 0 Å². The highest BCUT2D eigenvalue weighted by atomic mass is 19.1. The normalized spacial score (nSPS) is 13.6. The second-order valence-electron chi connectivity index (χ2n) is 4.98. The molecule has 0 fully saturated rings. The Labute approximate surface area is 120 Å². The Kier molecular flexibility index (Phi) is 3.51. The van der Waals surface area contributed by atoms with Gasteiger partial charge in [0.2, 0.25) is 0 Å². The van der Waals surface area contributed by atoms with Gasteiger partial charge in [0, 0.05) is 11.3 Å². The van der Waals surface area contributed by atoms with E-state index in [0.717, 1.165) is 43.0 Å². The smallest absolute Gasteiger partial charge is 0.335 e. The van der Waals surface area contributed by atoms with E-state index in [2.05, 4.69) is 15.3 Å². The average molecular weight is 287 g/mol. The van der Waals surface area contributed by atoms with Crippen molar-refractivity contribution in [3.8, 4) is 0 Å². The predicted octanol–water partition coefficient (Wildman–Crippen LogP) is 2.94. The van der Waals surface area contributed by atoms with Gasteiger partial charge in [-0.3, -0.25) is 0 Å². The Bertz CT molecular complexity index is 703. The highest BCUT2D eigenvalue weighted by Crippen LogP contribution is 2.28. The number of nitrogens with one attached hydrogen (secondary N) is 1. The van der Waals surface area contributed by atoms with Crippen molar-refractivity contribution in [3.05, 3.63) is 47.2 Å². The Morgan fingerprint density at radius 2 is 2.05 bits per heavy atom. The molecule has 1 aliphatic rings. The largest absolute Gasteiger partial charge is 0.478 e. The summed E-state index contributed by atoms with van der Waals surface area (Å²) >= 11 is 0. The minimum absolute atomic E-state index is 0.0808. The zero-order valence-corrected chi connectivity index (χ0v) is 11.3. The molecule has 3 rings (SSSR count). The number of aryl methyl sites for hydroxylation is 1. The van der Waals surface area contributed by atoms with Gasteiger partial charge in [-0.15, -0.1) is 0 Å². The van der Waals surface area contributed by atoms with Crippen LogP contribution in [-0.4, -0.2) is 21.0 Å². The van der Waals surface area contributed by atoms with E-state index in [9.17, 15) is 9.18 Å². The summed E-state index contributed by atoms with van der Waals surface area (Å²) in [5, 5.41) is 11.8. The molecule has 0 aliphatic heterocycles. The van der Waals surface area contributed by atoms with Gasteiger partial charge in [-0.25, -0.2) is 19.2 Å². The van der Waals surface area contributed by atoms with Gasteiger partial charge in [-0.1, -0.05) is 0 Å². The number of hydrogen-bond acceptors (Lipinski definition) is 4. The van der Waals surface area contributed by atoms with E-state index in [0.29, 0.717) is 5.82 Å². The predicted molar refractivity (Wildman–Crippen MR) is 75.3 cm³/mol. The van der Waals surface area contributed by atoms with Gasteiger partial charge in [0.1, 0.15) is 18.0 Å². The van der Waals surface area contributed by atoms with E-state index in [-0.39, 0.29) is 11.3 Å². The Balaban J connectivity index is 1.92. The number of rotatable bonds is 3. The van der Waals surface area contributed by atoms with Crippen LogP contribution in [0.3, 0.4) is 0 Å². The average Bonchev–Trinajstić information content (AvgIpc) is 2.49. The SMILES string of the molecule is O=C(O)c1ccc(Nc2ncnc3c2CCCC3)c(F)c1. The van der Waals surface area contributed by atoms with Crippen LogP contribution in [0, 0.1) is 5.82 Å². The zero-order valence-electron chi connectivity index (χ0n) is 11.3. The van der Waals surface area contributed by atoms with Crippen molar-refractivity contribution in [1.82, 2.24) is 9.97 Å². The fourth-order valence-electron chi connectivity index (χ4n) is 2.51. The fraction of sp³-hybridized carbons (Fsp3) is 0.267. The molecule has 0 saturated heterocycles. The summed E-state index contributed by atoms with van der Waals surface area (Å²) in [5.41, 5.74) is 2.15. The molecule has 0 amide bonds. The van der Waals surface area contributed by atoms with Crippen LogP contribution in [0.4, 0.5) is 15.9 Å². The van der Waals surface area contributed by atoms with Crippen molar-refractivity contribution in [3.63, 3.8) is 0 Å². The van der Waals surface area contributed by atoms with Crippen LogP contribution < -0.4 is 5.32 Å². The molecule has 0 atom stereocenters. The van der Waals surface area contributed by atoms with Gasteiger partial charge in [-0.2, -0.15) is 0 Å². The molecule has 2 aromatic rings. The summed E-state index contributed by atoms with van der Waals surface area (Å²) in [4.78, 5) is 19.2. The molecule has 0 spiro atoms. The molecule has 0 unspecified atom stereocenters. The maximum absolute atomic E-state index is 14.0. The monoisotopic (exact) mass is 287 g/mol. The number of nitrogens with zero attached hydrogens (tertiary/aromatic N) is 2. The number of carboxylic acids is 1. The summed E-state index contributed by atoms with van der Waals surface area (Å²) in [6.07, 6.45) is 5.41. The van der Waals surface area contributed by atoms with Crippen molar-refractivity contribution < 1.29 is 14.3 Å². The van der Waals surface area contributed by atoms with Crippen LogP contribution >= 0.6 is 0 Å². The lowest BCUT2D eigenvalue weighted by Gasteiger charge is -2.18. The minimum atomic E-state index is -1.15. The number of anilines is 2. The van der Waals surface area contributed by atoms with Crippen LogP contribution in [-0.2, 0) is 12.8 Å². The lowest BCUT2D eigenvalue weighted by Crippen LogP contribution is -2.10. The van der Waals surface area contributed by atoms with Crippen molar-refractivity contribution in [1.29, 1.82) is 0 Å². The third-order valence-corrected chi connectivity index (χ3v) is 3.59. The molecule has 5 nitrogen and oxygen atoms in total. The number of aromatic carboxylic acids is 1. The van der Waals surface area contributed by atoms with Gasteiger partial charge >= 0.3 is 5.97 Å². The number of carbonyl (C=O) groups is 1. The maximum Gasteiger partial charge on any atom is 0.335 e. The van der Waals surface area contributed by atoms with E-state index < -0.39 is 11.8 Å². The number of halogens is 1. The maximum atomic E-state index is 14.0.